The molecule has 0 aromatic carbocycles. The number of carboxylic acids is 1. The van der Waals surface area contributed by atoms with Crippen LogP contribution in [0.2, 0.25) is 0 Å². The van der Waals surface area contributed by atoms with Crippen molar-refractivity contribution in [3.05, 3.63) is 18.2 Å². The number of aliphatic carboxylic acids is 1. The SMILES string of the molecule is NC(=O)CC[C@H](NC(=O)[C@H](Cc1cnc[nH]1)NC(=O)[C@@H](N)CS)C(=O)O. The van der Waals surface area contributed by atoms with E-state index in [0.29, 0.717) is 5.69 Å². The predicted octanol–water partition coefficient (Wildman–Crippen LogP) is -2.47. The van der Waals surface area contributed by atoms with E-state index < -0.39 is 41.8 Å². The highest BCUT2D eigenvalue weighted by atomic mass is 32.1. The molecule has 26 heavy (non-hydrogen) atoms. The lowest BCUT2D eigenvalue weighted by Gasteiger charge is -2.22. The van der Waals surface area contributed by atoms with Crippen LogP contribution in [0.5, 0.6) is 0 Å². The molecule has 3 amide bonds. The molecule has 0 unspecified atom stereocenters. The molecular formula is C14H22N6O5S. The normalized spacial score (nSPS) is 14.1. The Morgan fingerprint density at radius 3 is 2.38 bits per heavy atom. The summed E-state index contributed by atoms with van der Waals surface area (Å²) in [7, 11) is 0. The summed E-state index contributed by atoms with van der Waals surface area (Å²) in [5, 5.41) is 13.9. The minimum absolute atomic E-state index is 0.0407. The van der Waals surface area contributed by atoms with Crippen molar-refractivity contribution in [3.8, 4) is 0 Å². The van der Waals surface area contributed by atoms with Crippen LogP contribution in [0.4, 0.5) is 0 Å². The van der Waals surface area contributed by atoms with E-state index >= 15 is 0 Å². The van der Waals surface area contributed by atoms with E-state index in [1.54, 1.807) is 0 Å². The average Bonchev–Trinajstić information content (AvgIpc) is 3.09. The van der Waals surface area contributed by atoms with Gasteiger partial charge < -0.3 is 32.2 Å². The third kappa shape index (κ3) is 7.11. The summed E-state index contributed by atoms with van der Waals surface area (Å²) in [5.41, 5.74) is 11.1. The molecule has 8 N–H and O–H groups in total. The Morgan fingerprint density at radius 2 is 1.88 bits per heavy atom. The molecule has 1 aromatic rings. The minimum Gasteiger partial charge on any atom is -0.480 e. The van der Waals surface area contributed by atoms with Gasteiger partial charge in [0.2, 0.25) is 17.7 Å². The fourth-order valence-corrected chi connectivity index (χ4v) is 2.17. The van der Waals surface area contributed by atoms with Crippen molar-refractivity contribution in [1.29, 1.82) is 0 Å². The number of amides is 3. The van der Waals surface area contributed by atoms with Crippen LogP contribution in [-0.4, -0.2) is 62.6 Å². The maximum absolute atomic E-state index is 12.5. The molecule has 0 spiro atoms. The molecule has 1 heterocycles. The second-order valence-corrected chi connectivity index (χ2v) is 5.90. The molecule has 3 atom stereocenters. The van der Waals surface area contributed by atoms with E-state index in [4.69, 9.17) is 11.5 Å². The first-order valence-corrected chi connectivity index (χ1v) is 8.33. The molecule has 12 heteroatoms. The van der Waals surface area contributed by atoms with Gasteiger partial charge in [0.1, 0.15) is 12.1 Å². The number of nitrogens with one attached hydrogen (secondary N) is 3. The van der Waals surface area contributed by atoms with Gasteiger partial charge in [-0.15, -0.1) is 0 Å². The van der Waals surface area contributed by atoms with Gasteiger partial charge >= 0.3 is 5.97 Å². The quantitative estimate of drug-likeness (QED) is 0.205. The van der Waals surface area contributed by atoms with Crippen molar-refractivity contribution in [1.82, 2.24) is 20.6 Å². The number of hydrogen-bond donors (Lipinski definition) is 7. The average molecular weight is 386 g/mol. The number of nitrogens with two attached hydrogens (primary N) is 2. The van der Waals surface area contributed by atoms with Gasteiger partial charge in [-0.25, -0.2) is 9.78 Å². The van der Waals surface area contributed by atoms with Crippen molar-refractivity contribution >= 4 is 36.3 Å². The van der Waals surface area contributed by atoms with E-state index in [2.05, 4.69) is 33.2 Å². The number of nitrogens with zero attached hydrogens (tertiary/aromatic N) is 1. The number of carbonyl (C=O) groups is 4. The summed E-state index contributed by atoms with van der Waals surface area (Å²) >= 11 is 3.92. The Kier molecular flexibility index (Phi) is 8.58. The minimum atomic E-state index is -1.32. The molecule has 0 aliphatic carbocycles. The molecule has 144 valence electrons. The molecular weight excluding hydrogens is 364 g/mol. The monoisotopic (exact) mass is 386 g/mol. The van der Waals surface area contributed by atoms with E-state index in [9.17, 15) is 24.3 Å². The number of hydrogen-bond acceptors (Lipinski definition) is 7. The molecule has 0 aliphatic heterocycles. The summed E-state index contributed by atoms with van der Waals surface area (Å²) < 4.78 is 0. The van der Waals surface area contributed by atoms with Crippen LogP contribution in [0.25, 0.3) is 0 Å². The van der Waals surface area contributed by atoms with E-state index in [1.807, 2.05) is 0 Å². The van der Waals surface area contributed by atoms with Gasteiger partial charge in [0.25, 0.3) is 0 Å². The van der Waals surface area contributed by atoms with Crippen LogP contribution in [0.15, 0.2) is 12.5 Å². The van der Waals surface area contributed by atoms with E-state index in [0.717, 1.165) is 0 Å². The topological polar surface area (TPSA) is 193 Å². The third-order valence-corrected chi connectivity index (χ3v) is 3.83. The Hall–Kier alpha value is -2.60. The lowest BCUT2D eigenvalue weighted by molar-refractivity contribution is -0.142. The molecule has 1 rings (SSSR count). The van der Waals surface area contributed by atoms with Crippen LogP contribution in [-0.2, 0) is 25.6 Å². The number of imidazole rings is 1. The number of aromatic nitrogens is 2. The number of carbonyl (C=O) groups excluding carboxylic acids is 3. The van der Waals surface area contributed by atoms with E-state index in [-0.39, 0.29) is 25.0 Å². The lowest BCUT2D eigenvalue weighted by atomic mass is 10.1. The Morgan fingerprint density at radius 1 is 1.23 bits per heavy atom. The molecule has 1 aromatic heterocycles. The molecule has 0 saturated heterocycles. The van der Waals surface area contributed by atoms with Crippen molar-refractivity contribution < 1.29 is 24.3 Å². The molecule has 0 aliphatic rings. The fraction of sp³-hybridized carbons (Fsp3) is 0.500. The van der Waals surface area contributed by atoms with Gasteiger partial charge in [0.15, 0.2) is 0 Å². The van der Waals surface area contributed by atoms with Gasteiger partial charge in [0.05, 0.1) is 12.4 Å². The first-order chi connectivity index (χ1) is 12.2. The maximum atomic E-state index is 12.5. The number of carboxylic acid groups (broad SMARTS) is 1. The molecule has 0 saturated carbocycles. The number of thiol groups is 1. The Labute approximate surface area is 154 Å². The Balaban J connectivity index is 2.85. The van der Waals surface area contributed by atoms with Gasteiger partial charge in [0, 0.05) is 30.5 Å². The largest absolute Gasteiger partial charge is 0.480 e. The molecule has 11 nitrogen and oxygen atoms in total. The highest BCUT2D eigenvalue weighted by molar-refractivity contribution is 7.80. The van der Waals surface area contributed by atoms with Crippen LogP contribution >= 0.6 is 12.6 Å². The van der Waals surface area contributed by atoms with Crippen molar-refractivity contribution in [2.75, 3.05) is 5.75 Å². The first-order valence-electron chi connectivity index (χ1n) is 7.70. The summed E-state index contributed by atoms with van der Waals surface area (Å²) in [6.07, 6.45) is 2.53. The summed E-state index contributed by atoms with van der Waals surface area (Å²) in [6, 6.07) is -3.35. The van der Waals surface area contributed by atoms with Gasteiger partial charge in [-0.3, -0.25) is 14.4 Å². The van der Waals surface area contributed by atoms with Crippen molar-refractivity contribution in [2.24, 2.45) is 11.5 Å². The summed E-state index contributed by atoms with van der Waals surface area (Å²) in [5.74, 6) is -3.29. The second kappa shape index (κ2) is 10.4. The highest BCUT2D eigenvalue weighted by Gasteiger charge is 2.28. The highest BCUT2D eigenvalue weighted by Crippen LogP contribution is 2.03. The smallest absolute Gasteiger partial charge is 0.326 e. The second-order valence-electron chi connectivity index (χ2n) is 5.54. The van der Waals surface area contributed by atoms with Crippen LogP contribution in [0, 0.1) is 0 Å². The lowest BCUT2D eigenvalue weighted by Crippen LogP contribution is -2.55. The number of rotatable bonds is 11. The predicted molar refractivity (Wildman–Crippen MR) is 94.0 cm³/mol. The molecule has 0 fully saturated rings. The van der Waals surface area contributed by atoms with E-state index in [1.165, 1.54) is 12.5 Å². The zero-order valence-electron chi connectivity index (χ0n) is 13.8. The summed E-state index contributed by atoms with van der Waals surface area (Å²) in [4.78, 5) is 53.2. The number of aromatic amines is 1. The standard InChI is InChI=1S/C14H22N6O5S/c15-8(5-26)12(22)20-10(3-7-4-17-6-18-7)13(23)19-9(14(24)25)1-2-11(16)21/h4,6,8-10,26H,1-3,5,15H2,(H2,16,21)(H,17,18)(H,19,23)(H,20,22)(H,24,25)/t8-,9-,10-/m0/s1. The van der Waals surface area contributed by atoms with Crippen LogP contribution < -0.4 is 22.1 Å². The summed E-state index contributed by atoms with van der Waals surface area (Å²) in [6.45, 7) is 0. The van der Waals surface area contributed by atoms with Gasteiger partial charge in [-0.1, -0.05) is 0 Å². The Bertz CT molecular complexity index is 638. The fourth-order valence-electron chi connectivity index (χ4n) is 2.00. The van der Waals surface area contributed by atoms with Crippen LogP contribution in [0.1, 0.15) is 18.5 Å². The zero-order chi connectivity index (χ0) is 19.7. The molecule has 0 radical (unpaired) electrons. The zero-order valence-corrected chi connectivity index (χ0v) is 14.7. The molecule has 0 bridgehead atoms. The number of primary amides is 1. The van der Waals surface area contributed by atoms with Gasteiger partial charge in [-0.05, 0) is 6.42 Å². The van der Waals surface area contributed by atoms with Crippen molar-refractivity contribution in [3.63, 3.8) is 0 Å². The maximum Gasteiger partial charge on any atom is 0.326 e. The van der Waals surface area contributed by atoms with Crippen LogP contribution in [0.3, 0.4) is 0 Å². The third-order valence-electron chi connectivity index (χ3n) is 3.44. The number of H-pyrrole nitrogens is 1. The first kappa shape index (κ1) is 21.4. The van der Waals surface area contributed by atoms with Crippen molar-refractivity contribution in [2.45, 2.75) is 37.4 Å². The van der Waals surface area contributed by atoms with Gasteiger partial charge in [-0.2, -0.15) is 12.6 Å².